The van der Waals surface area contributed by atoms with Crippen LogP contribution in [0.2, 0.25) is 0 Å². The fraction of sp³-hybridized carbons (Fsp3) is 0.619. The van der Waals surface area contributed by atoms with Crippen LogP contribution in [-0.4, -0.2) is 62.5 Å². The van der Waals surface area contributed by atoms with Gasteiger partial charge in [0.15, 0.2) is 0 Å². The number of hydrogen-bond acceptors (Lipinski definition) is 5. The minimum Gasteiger partial charge on any atom is -0.306 e. The van der Waals surface area contributed by atoms with Crippen LogP contribution in [0.5, 0.6) is 0 Å². The van der Waals surface area contributed by atoms with E-state index in [9.17, 15) is 13.2 Å². The van der Waals surface area contributed by atoms with Crippen LogP contribution in [0.1, 0.15) is 62.7 Å². The van der Waals surface area contributed by atoms with E-state index in [-0.39, 0.29) is 16.8 Å². The van der Waals surface area contributed by atoms with Gasteiger partial charge in [-0.3, -0.25) is 4.79 Å². The molecule has 0 aromatic heterocycles. The number of hydrogen-bond donors (Lipinski definition) is 1. The highest BCUT2D eigenvalue weighted by atomic mass is 32.2. The SMILES string of the molecule is CCCC(CCC)=NNC(=O)c1ccc(S(=O)(=O)N(C)C2CCN(C)CC2)cc1. The van der Waals surface area contributed by atoms with Gasteiger partial charge < -0.3 is 4.90 Å². The van der Waals surface area contributed by atoms with E-state index in [1.54, 1.807) is 19.2 Å². The van der Waals surface area contributed by atoms with Crippen LogP contribution in [-0.2, 0) is 10.0 Å². The third kappa shape index (κ3) is 6.35. The second-order valence-corrected chi connectivity index (χ2v) is 9.70. The van der Waals surface area contributed by atoms with Crippen molar-refractivity contribution in [2.75, 3.05) is 27.2 Å². The summed E-state index contributed by atoms with van der Waals surface area (Å²) in [4.78, 5) is 14.8. The Labute approximate surface area is 175 Å². The Kier molecular flexibility index (Phi) is 8.79. The molecule has 2 rings (SSSR count). The zero-order valence-electron chi connectivity index (χ0n) is 18.0. The molecule has 8 heteroatoms. The first-order valence-electron chi connectivity index (χ1n) is 10.4. The normalized spacial score (nSPS) is 16.0. The quantitative estimate of drug-likeness (QED) is 0.490. The van der Waals surface area contributed by atoms with Crippen LogP contribution < -0.4 is 5.43 Å². The molecule has 0 spiro atoms. The van der Waals surface area contributed by atoms with E-state index >= 15 is 0 Å². The van der Waals surface area contributed by atoms with Gasteiger partial charge in [-0.05, 0) is 70.1 Å². The van der Waals surface area contributed by atoms with Crippen LogP contribution in [0.25, 0.3) is 0 Å². The summed E-state index contributed by atoms with van der Waals surface area (Å²) >= 11 is 0. The number of rotatable bonds is 9. The molecule has 1 N–H and O–H groups in total. The van der Waals surface area contributed by atoms with Gasteiger partial charge in [0.1, 0.15) is 0 Å². The van der Waals surface area contributed by atoms with E-state index in [0.29, 0.717) is 5.56 Å². The van der Waals surface area contributed by atoms with Gasteiger partial charge in [0.25, 0.3) is 5.91 Å². The lowest BCUT2D eigenvalue weighted by molar-refractivity contribution is 0.0954. The number of benzene rings is 1. The zero-order chi connectivity index (χ0) is 21.4. The molecule has 0 unspecified atom stereocenters. The maximum absolute atomic E-state index is 12.9. The lowest BCUT2D eigenvalue weighted by Crippen LogP contribution is -2.44. The second kappa shape index (κ2) is 10.8. The fourth-order valence-electron chi connectivity index (χ4n) is 3.51. The molecule has 162 valence electrons. The van der Waals surface area contributed by atoms with Crippen molar-refractivity contribution in [3.05, 3.63) is 29.8 Å². The van der Waals surface area contributed by atoms with Crippen LogP contribution in [0, 0.1) is 0 Å². The number of piperidine rings is 1. The van der Waals surface area contributed by atoms with Crippen LogP contribution in [0.4, 0.5) is 0 Å². The first-order valence-corrected chi connectivity index (χ1v) is 11.9. The van der Waals surface area contributed by atoms with E-state index in [1.807, 2.05) is 7.05 Å². The third-order valence-electron chi connectivity index (χ3n) is 5.39. The molecule has 1 saturated heterocycles. The largest absolute Gasteiger partial charge is 0.306 e. The van der Waals surface area contributed by atoms with Crippen molar-refractivity contribution in [1.82, 2.24) is 14.6 Å². The molecular weight excluding hydrogens is 388 g/mol. The topological polar surface area (TPSA) is 82.1 Å². The van der Waals surface area contributed by atoms with Crippen molar-refractivity contribution in [1.29, 1.82) is 0 Å². The minimum atomic E-state index is -3.58. The zero-order valence-corrected chi connectivity index (χ0v) is 18.8. The maximum atomic E-state index is 12.9. The molecule has 0 saturated carbocycles. The summed E-state index contributed by atoms with van der Waals surface area (Å²) in [5.41, 5.74) is 3.96. The van der Waals surface area contributed by atoms with E-state index in [4.69, 9.17) is 0 Å². The minimum absolute atomic E-state index is 0.00376. The molecule has 1 heterocycles. The lowest BCUT2D eigenvalue weighted by Gasteiger charge is -2.34. The van der Waals surface area contributed by atoms with Gasteiger partial charge in [0, 0.05) is 24.4 Å². The highest BCUT2D eigenvalue weighted by molar-refractivity contribution is 7.89. The summed E-state index contributed by atoms with van der Waals surface area (Å²) in [6, 6.07) is 6.08. The Morgan fingerprint density at radius 1 is 1.14 bits per heavy atom. The lowest BCUT2D eigenvalue weighted by atomic mass is 10.1. The number of carbonyl (C=O) groups excluding carboxylic acids is 1. The van der Waals surface area contributed by atoms with Crippen LogP contribution in [0.15, 0.2) is 34.3 Å². The van der Waals surface area contributed by atoms with Crippen molar-refractivity contribution in [3.63, 3.8) is 0 Å². The summed E-state index contributed by atoms with van der Waals surface area (Å²) in [6.07, 6.45) is 5.31. The first-order chi connectivity index (χ1) is 13.8. The average Bonchev–Trinajstić information content (AvgIpc) is 2.72. The molecule has 1 fully saturated rings. The van der Waals surface area contributed by atoms with Crippen LogP contribution >= 0.6 is 0 Å². The van der Waals surface area contributed by atoms with Crippen molar-refractivity contribution < 1.29 is 13.2 Å². The molecule has 7 nitrogen and oxygen atoms in total. The number of nitrogens with zero attached hydrogens (tertiary/aromatic N) is 3. The number of hydrazone groups is 1. The predicted octanol–water partition coefficient (Wildman–Crippen LogP) is 3.09. The molecule has 1 amide bonds. The molecule has 0 radical (unpaired) electrons. The molecule has 1 aromatic rings. The molecule has 29 heavy (non-hydrogen) atoms. The maximum Gasteiger partial charge on any atom is 0.271 e. The van der Waals surface area contributed by atoms with E-state index < -0.39 is 10.0 Å². The van der Waals surface area contributed by atoms with Crippen molar-refractivity contribution >= 4 is 21.6 Å². The van der Waals surface area contributed by atoms with E-state index in [1.165, 1.54) is 16.4 Å². The van der Waals surface area contributed by atoms with Gasteiger partial charge in [-0.25, -0.2) is 13.8 Å². The monoisotopic (exact) mass is 422 g/mol. The molecule has 0 bridgehead atoms. The summed E-state index contributed by atoms with van der Waals surface area (Å²) in [7, 11) is 0.107. The van der Waals surface area contributed by atoms with Gasteiger partial charge in [0.2, 0.25) is 10.0 Å². The number of carbonyl (C=O) groups is 1. The highest BCUT2D eigenvalue weighted by Crippen LogP contribution is 2.22. The second-order valence-electron chi connectivity index (χ2n) is 7.70. The molecule has 0 aliphatic carbocycles. The highest BCUT2D eigenvalue weighted by Gasteiger charge is 2.30. The Morgan fingerprint density at radius 3 is 2.21 bits per heavy atom. The third-order valence-corrected chi connectivity index (χ3v) is 7.31. The number of likely N-dealkylation sites (tertiary alicyclic amines) is 1. The van der Waals surface area contributed by atoms with Gasteiger partial charge in [-0.2, -0.15) is 9.41 Å². The Hall–Kier alpha value is -1.77. The van der Waals surface area contributed by atoms with Crippen LogP contribution in [0.3, 0.4) is 0 Å². The summed E-state index contributed by atoms with van der Waals surface area (Å²) in [5, 5.41) is 4.23. The van der Waals surface area contributed by atoms with Gasteiger partial charge in [-0.1, -0.05) is 26.7 Å². The Balaban J connectivity index is 2.06. The van der Waals surface area contributed by atoms with E-state index in [0.717, 1.165) is 57.3 Å². The fourth-order valence-corrected chi connectivity index (χ4v) is 4.92. The number of nitrogens with one attached hydrogen (secondary N) is 1. The summed E-state index contributed by atoms with van der Waals surface area (Å²) < 4.78 is 27.4. The molecule has 1 aliphatic rings. The van der Waals surface area contributed by atoms with Crippen molar-refractivity contribution in [2.24, 2.45) is 5.10 Å². The Bertz CT molecular complexity index is 790. The van der Waals surface area contributed by atoms with Crippen molar-refractivity contribution in [3.8, 4) is 0 Å². The molecular formula is C21H34N4O3S. The van der Waals surface area contributed by atoms with E-state index in [2.05, 4.69) is 29.3 Å². The average molecular weight is 423 g/mol. The molecule has 1 aliphatic heterocycles. The molecule has 1 aromatic carbocycles. The Morgan fingerprint density at radius 2 is 1.69 bits per heavy atom. The summed E-state index contributed by atoms with van der Waals surface area (Å²) in [6.45, 7) is 5.94. The number of sulfonamides is 1. The van der Waals surface area contributed by atoms with Gasteiger partial charge >= 0.3 is 0 Å². The first kappa shape index (κ1) is 23.5. The van der Waals surface area contributed by atoms with Crippen molar-refractivity contribution in [2.45, 2.75) is 63.3 Å². The van der Waals surface area contributed by atoms with Gasteiger partial charge in [0.05, 0.1) is 4.90 Å². The predicted molar refractivity (Wildman–Crippen MR) is 117 cm³/mol. The number of amides is 1. The summed E-state index contributed by atoms with van der Waals surface area (Å²) in [5.74, 6) is -0.331. The smallest absolute Gasteiger partial charge is 0.271 e. The standard InChI is InChI=1S/C21H34N4O3S/c1-5-7-18(8-6-2)22-23-21(26)17-9-11-20(12-10-17)29(27,28)25(4)19-13-15-24(3)16-14-19/h9-12,19H,5-8,13-16H2,1-4H3,(H,23,26). The van der Waals surface area contributed by atoms with Gasteiger partial charge in [-0.15, -0.1) is 0 Å². The molecule has 0 atom stereocenters.